The second-order valence-corrected chi connectivity index (χ2v) is 13.8. The van der Waals surface area contributed by atoms with Gasteiger partial charge in [-0.1, -0.05) is 48.0 Å². The fourth-order valence-electron chi connectivity index (χ4n) is 6.07. The molecule has 0 saturated heterocycles. The van der Waals surface area contributed by atoms with Gasteiger partial charge in [0.1, 0.15) is 17.4 Å². The van der Waals surface area contributed by atoms with Crippen LogP contribution in [0.3, 0.4) is 0 Å². The van der Waals surface area contributed by atoms with Crippen molar-refractivity contribution in [3.05, 3.63) is 110 Å². The summed E-state index contributed by atoms with van der Waals surface area (Å²) in [5.74, 6) is -4.61. The van der Waals surface area contributed by atoms with Crippen LogP contribution in [0.5, 0.6) is 0 Å². The van der Waals surface area contributed by atoms with Crippen molar-refractivity contribution in [3.63, 3.8) is 0 Å². The van der Waals surface area contributed by atoms with Crippen LogP contribution in [0.4, 0.5) is 8.78 Å². The smallest absolute Gasteiger partial charge is 0.323 e. The topological polar surface area (TPSA) is 171 Å². The summed E-state index contributed by atoms with van der Waals surface area (Å²) in [6.45, 7) is 4.73. The van der Waals surface area contributed by atoms with Crippen LogP contribution >= 0.6 is 0 Å². The third kappa shape index (κ3) is 8.13. The molecule has 4 aromatic rings. The lowest BCUT2D eigenvalue weighted by Gasteiger charge is -2.21. The highest BCUT2D eigenvalue weighted by Crippen LogP contribution is 2.25. The van der Waals surface area contributed by atoms with E-state index < -0.39 is 63.4 Å². The Morgan fingerprint density at radius 1 is 1.10 bits per heavy atom. The van der Waals surface area contributed by atoms with Gasteiger partial charge >= 0.3 is 5.97 Å². The van der Waals surface area contributed by atoms with Crippen LogP contribution in [0, 0.1) is 32.4 Å². The lowest BCUT2D eigenvalue weighted by atomic mass is 10.0. The Balaban J connectivity index is 1.46. The van der Waals surface area contributed by atoms with Crippen molar-refractivity contribution in [2.24, 2.45) is 4.99 Å². The standard InChI is InChI=1S/C35H38F2N6O6S/c1-20-14-21(2)32(22(3)15-20)50(48,49)42-28(34(46)47)18-40-33(45)26-19-43(13-10-23-8-5-4-6-9-23)30-24(31(26)44)16-27(36)25(29(30)37)17-41-35-38-11-7-12-39-35/h4-6,8-9,11,14-16,19,28,35,39,41-42H,7,10,12-13,17-18H2,1-3H3,(H,40,45)(H,46,47). The lowest BCUT2D eigenvalue weighted by Crippen LogP contribution is -2.49. The molecule has 0 saturated carbocycles. The van der Waals surface area contributed by atoms with Gasteiger partial charge in [-0.2, -0.15) is 4.72 Å². The summed E-state index contributed by atoms with van der Waals surface area (Å²) >= 11 is 0. The van der Waals surface area contributed by atoms with Gasteiger partial charge in [0.05, 0.1) is 15.8 Å². The summed E-state index contributed by atoms with van der Waals surface area (Å²) in [5.41, 5.74) is 0.509. The van der Waals surface area contributed by atoms with Crippen LogP contribution in [0.25, 0.3) is 10.9 Å². The number of carboxylic acids is 1. The lowest BCUT2D eigenvalue weighted by molar-refractivity contribution is -0.138. The van der Waals surface area contributed by atoms with Gasteiger partial charge in [-0.15, -0.1) is 0 Å². The number of carbonyl (C=O) groups is 2. The molecule has 0 aliphatic carbocycles. The number of benzene rings is 3. The molecule has 1 amide bonds. The third-order valence-corrected chi connectivity index (χ3v) is 10.1. The summed E-state index contributed by atoms with van der Waals surface area (Å²) in [6, 6.07) is 11.6. The first-order valence-corrected chi connectivity index (χ1v) is 17.4. The SMILES string of the molecule is Cc1cc(C)c(S(=O)(=O)NC(CNC(=O)c2cn(CCc3ccccc3)c3c(F)c(CNC4N=CCCN4)c(F)cc3c2=O)C(=O)O)c(C)c1. The summed E-state index contributed by atoms with van der Waals surface area (Å²) in [6.07, 6.45) is 3.39. The molecule has 0 radical (unpaired) electrons. The number of aliphatic imine (C=N–C) groups is 1. The molecule has 2 heterocycles. The number of nitrogens with zero attached hydrogens (tertiary/aromatic N) is 2. The van der Waals surface area contributed by atoms with Crippen LogP contribution in [0.2, 0.25) is 0 Å². The second-order valence-electron chi connectivity index (χ2n) is 12.2. The Labute approximate surface area is 287 Å². The van der Waals surface area contributed by atoms with Crippen molar-refractivity contribution in [2.75, 3.05) is 13.1 Å². The summed E-state index contributed by atoms with van der Waals surface area (Å²) in [4.78, 5) is 43.3. The van der Waals surface area contributed by atoms with Gasteiger partial charge in [0.25, 0.3) is 5.91 Å². The number of aryl methyl sites for hydroxylation is 5. The van der Waals surface area contributed by atoms with E-state index in [2.05, 4.69) is 25.7 Å². The minimum atomic E-state index is -4.35. The van der Waals surface area contributed by atoms with Gasteiger partial charge in [-0.05, 0) is 56.4 Å². The van der Waals surface area contributed by atoms with Gasteiger partial charge < -0.3 is 15.0 Å². The molecule has 0 fully saturated rings. The van der Waals surface area contributed by atoms with Crippen molar-refractivity contribution < 1.29 is 31.9 Å². The molecule has 2 atom stereocenters. The maximum atomic E-state index is 16.2. The maximum Gasteiger partial charge on any atom is 0.323 e. The minimum absolute atomic E-state index is 0.0853. The van der Waals surface area contributed by atoms with Crippen molar-refractivity contribution >= 4 is 39.0 Å². The highest BCUT2D eigenvalue weighted by molar-refractivity contribution is 7.89. The first kappa shape index (κ1) is 36.5. The molecule has 5 rings (SSSR count). The Morgan fingerprint density at radius 2 is 1.80 bits per heavy atom. The summed E-state index contributed by atoms with van der Waals surface area (Å²) < 4.78 is 61.6. The number of hydrogen-bond acceptors (Lipinski definition) is 8. The van der Waals surface area contributed by atoms with E-state index in [9.17, 15) is 27.9 Å². The van der Waals surface area contributed by atoms with Gasteiger partial charge in [0.15, 0.2) is 12.1 Å². The molecule has 264 valence electrons. The van der Waals surface area contributed by atoms with Crippen LogP contribution in [-0.4, -0.2) is 61.6 Å². The van der Waals surface area contributed by atoms with E-state index in [4.69, 9.17) is 0 Å². The first-order valence-electron chi connectivity index (χ1n) is 15.9. The van der Waals surface area contributed by atoms with Gasteiger partial charge in [0, 0.05) is 44.2 Å². The number of carbonyl (C=O) groups excluding carboxylic acids is 1. The number of pyridine rings is 1. The fraction of sp³-hybridized carbons (Fsp3) is 0.314. The number of fused-ring (bicyclic) bond motifs is 1. The third-order valence-electron chi connectivity index (χ3n) is 8.35. The van der Waals surface area contributed by atoms with E-state index in [1.165, 1.54) is 4.57 Å². The predicted molar refractivity (Wildman–Crippen MR) is 185 cm³/mol. The largest absolute Gasteiger partial charge is 0.480 e. The fourth-order valence-corrected chi connectivity index (χ4v) is 7.71. The van der Waals surface area contributed by atoms with Crippen LogP contribution < -0.4 is 26.1 Å². The molecular formula is C35H38F2N6O6S. The Kier molecular flexibility index (Phi) is 11.2. The van der Waals surface area contributed by atoms with Crippen LogP contribution in [0.1, 0.15) is 44.6 Å². The van der Waals surface area contributed by atoms with E-state index in [0.717, 1.165) is 29.8 Å². The van der Waals surface area contributed by atoms with Gasteiger partial charge in [-0.25, -0.2) is 17.2 Å². The Morgan fingerprint density at radius 3 is 2.44 bits per heavy atom. The number of aromatic nitrogens is 1. The van der Waals surface area contributed by atoms with Crippen molar-refractivity contribution in [2.45, 2.75) is 63.9 Å². The van der Waals surface area contributed by atoms with Crippen molar-refractivity contribution in [1.82, 2.24) is 25.2 Å². The molecule has 2 unspecified atom stereocenters. The molecule has 0 bridgehead atoms. The number of nitrogens with one attached hydrogen (secondary N) is 4. The predicted octanol–water partition coefficient (Wildman–Crippen LogP) is 3.05. The molecule has 3 aromatic carbocycles. The molecule has 1 aliphatic heterocycles. The first-order chi connectivity index (χ1) is 23.8. The summed E-state index contributed by atoms with van der Waals surface area (Å²) in [5, 5.41) is 17.8. The quantitative estimate of drug-likeness (QED) is 0.141. The van der Waals surface area contributed by atoms with Crippen molar-refractivity contribution in [1.29, 1.82) is 0 Å². The number of rotatable bonds is 13. The zero-order valence-electron chi connectivity index (χ0n) is 27.7. The van der Waals surface area contributed by atoms with E-state index in [1.54, 1.807) is 39.1 Å². The molecule has 12 nitrogen and oxygen atoms in total. The second kappa shape index (κ2) is 15.4. The molecule has 50 heavy (non-hydrogen) atoms. The van der Waals surface area contributed by atoms with Crippen LogP contribution in [-0.2, 0) is 34.3 Å². The Bertz CT molecular complexity index is 2120. The molecular weight excluding hydrogens is 670 g/mol. The highest BCUT2D eigenvalue weighted by atomic mass is 32.2. The van der Waals surface area contributed by atoms with Crippen LogP contribution in [0.15, 0.2) is 69.4 Å². The van der Waals surface area contributed by atoms with E-state index in [0.29, 0.717) is 24.1 Å². The normalized spacial score (nSPS) is 15.3. The zero-order chi connectivity index (χ0) is 36.2. The van der Waals surface area contributed by atoms with E-state index >= 15 is 8.78 Å². The number of hydrogen-bond donors (Lipinski definition) is 5. The molecule has 15 heteroatoms. The monoisotopic (exact) mass is 708 g/mol. The number of aliphatic carboxylic acids is 1. The molecule has 0 spiro atoms. The number of halogens is 2. The van der Waals surface area contributed by atoms with E-state index in [1.807, 2.05) is 30.3 Å². The molecule has 5 N–H and O–H groups in total. The average molecular weight is 709 g/mol. The highest BCUT2D eigenvalue weighted by Gasteiger charge is 2.29. The van der Waals surface area contributed by atoms with Crippen molar-refractivity contribution in [3.8, 4) is 0 Å². The molecule has 1 aromatic heterocycles. The number of carboxylic acid groups (broad SMARTS) is 1. The zero-order valence-corrected chi connectivity index (χ0v) is 28.5. The average Bonchev–Trinajstić information content (AvgIpc) is 3.06. The maximum absolute atomic E-state index is 16.2. The minimum Gasteiger partial charge on any atom is -0.480 e. The summed E-state index contributed by atoms with van der Waals surface area (Å²) in [7, 11) is -4.35. The van der Waals surface area contributed by atoms with Gasteiger partial charge in [-0.3, -0.25) is 30.0 Å². The molecule has 1 aliphatic rings. The number of sulfonamides is 1. The number of amides is 1. The van der Waals surface area contributed by atoms with E-state index in [-0.39, 0.29) is 34.5 Å². The van der Waals surface area contributed by atoms with Gasteiger partial charge in [0.2, 0.25) is 15.5 Å². The Hall–Kier alpha value is -4.83.